The Morgan fingerprint density at radius 3 is 2.63 bits per heavy atom. The van der Waals surface area contributed by atoms with E-state index < -0.39 is 5.97 Å². The van der Waals surface area contributed by atoms with Crippen LogP contribution >= 0.6 is 0 Å². The molecule has 0 aromatic heterocycles. The Bertz CT molecular complexity index is 1210. The molecular formula is C33H40FNO3. The van der Waals surface area contributed by atoms with Gasteiger partial charge in [0.2, 0.25) is 0 Å². The van der Waals surface area contributed by atoms with Crippen LogP contribution in [0.3, 0.4) is 0 Å². The molecule has 1 saturated heterocycles. The van der Waals surface area contributed by atoms with Crippen LogP contribution in [0.5, 0.6) is 0 Å². The Morgan fingerprint density at radius 2 is 1.89 bits per heavy atom. The van der Waals surface area contributed by atoms with Crippen LogP contribution in [0.25, 0.3) is 11.1 Å². The maximum absolute atomic E-state index is 14.9. The van der Waals surface area contributed by atoms with Crippen LogP contribution in [0.15, 0.2) is 60.4 Å². The van der Waals surface area contributed by atoms with Crippen molar-refractivity contribution in [2.24, 2.45) is 23.7 Å². The lowest BCUT2D eigenvalue weighted by molar-refractivity contribution is -0.138. The Kier molecular flexibility index (Phi) is 8.32. The minimum Gasteiger partial charge on any atom is -0.493 e. The zero-order chi connectivity index (χ0) is 26.6. The lowest BCUT2D eigenvalue weighted by Crippen LogP contribution is -2.29. The van der Waals surface area contributed by atoms with Gasteiger partial charge < -0.3 is 9.84 Å². The van der Waals surface area contributed by atoms with Crippen LogP contribution in [-0.4, -0.2) is 29.1 Å². The number of ether oxygens (including phenoxy) is 1. The van der Waals surface area contributed by atoms with Gasteiger partial charge >= 0.3 is 5.97 Å². The molecule has 2 aliphatic carbocycles. The molecule has 1 aliphatic heterocycles. The summed E-state index contributed by atoms with van der Waals surface area (Å²) in [4.78, 5) is 14.0. The maximum atomic E-state index is 14.9. The van der Waals surface area contributed by atoms with Crippen molar-refractivity contribution >= 4 is 5.97 Å². The number of hydrogen-bond acceptors (Lipinski definition) is 3. The molecule has 2 unspecified atom stereocenters. The third-order valence-corrected chi connectivity index (χ3v) is 8.58. The Labute approximate surface area is 226 Å². The molecule has 3 atom stereocenters. The average Bonchev–Trinajstić information content (AvgIpc) is 3.75. The number of rotatable bonds is 10. The van der Waals surface area contributed by atoms with Gasteiger partial charge in [0.1, 0.15) is 12.4 Å². The molecule has 1 saturated carbocycles. The highest BCUT2D eigenvalue weighted by molar-refractivity contribution is 5.69. The predicted octanol–water partition coefficient (Wildman–Crippen LogP) is 7.51. The quantitative estimate of drug-likeness (QED) is 0.354. The fourth-order valence-electron chi connectivity index (χ4n) is 6.32. The Morgan fingerprint density at radius 1 is 1.11 bits per heavy atom. The molecular weight excluding hydrogens is 477 g/mol. The van der Waals surface area contributed by atoms with E-state index >= 15 is 0 Å². The van der Waals surface area contributed by atoms with E-state index in [2.05, 4.69) is 30.0 Å². The van der Waals surface area contributed by atoms with Crippen molar-refractivity contribution in [3.05, 3.63) is 82.9 Å². The molecule has 0 spiro atoms. The number of halogens is 1. The number of benzene rings is 2. The first-order valence-corrected chi connectivity index (χ1v) is 14.2. The van der Waals surface area contributed by atoms with Crippen molar-refractivity contribution in [3.63, 3.8) is 0 Å². The van der Waals surface area contributed by atoms with Crippen molar-refractivity contribution in [2.45, 2.75) is 65.5 Å². The first kappa shape index (κ1) is 26.7. The van der Waals surface area contributed by atoms with Gasteiger partial charge in [0, 0.05) is 24.4 Å². The number of hydrogen-bond donors (Lipinski definition) is 1. The van der Waals surface area contributed by atoms with E-state index in [0.717, 1.165) is 60.5 Å². The molecule has 1 heterocycles. The molecule has 5 rings (SSSR count). The van der Waals surface area contributed by atoms with Crippen molar-refractivity contribution in [1.29, 1.82) is 0 Å². The van der Waals surface area contributed by atoms with Gasteiger partial charge in [-0.2, -0.15) is 0 Å². The molecule has 2 aromatic rings. The standard InChI is InChI=1S/C33H40FNO3/c1-22-9-14-31(34)30(17-22)28-13-10-24(18-26(28)20-35-15-4-3-5-16-35)21-38-32-8-6-7-27(23(32)2)29(19-33(36)37)25-11-12-25/h6-10,13-14,17-18,23,25,27,29H,3-5,11-12,15-16,19-21H2,1-2H3,(H,36,37)/t23?,27?,29-/m1/s1. The summed E-state index contributed by atoms with van der Waals surface area (Å²) in [6, 6.07) is 11.6. The number of likely N-dealkylation sites (tertiary alicyclic amines) is 1. The lowest BCUT2D eigenvalue weighted by atomic mass is 9.75. The number of nitrogens with zero attached hydrogens (tertiary/aromatic N) is 1. The molecule has 38 heavy (non-hydrogen) atoms. The summed E-state index contributed by atoms with van der Waals surface area (Å²) in [6.45, 7) is 7.55. The van der Waals surface area contributed by atoms with E-state index in [1.54, 1.807) is 6.07 Å². The van der Waals surface area contributed by atoms with Gasteiger partial charge in [-0.15, -0.1) is 0 Å². The van der Waals surface area contributed by atoms with E-state index in [1.165, 1.54) is 19.3 Å². The first-order chi connectivity index (χ1) is 18.4. The van der Waals surface area contributed by atoms with Crippen LogP contribution in [0.2, 0.25) is 0 Å². The van der Waals surface area contributed by atoms with Crippen LogP contribution < -0.4 is 0 Å². The van der Waals surface area contributed by atoms with Crippen molar-refractivity contribution in [2.75, 3.05) is 13.1 Å². The number of carboxylic acid groups (broad SMARTS) is 1. The molecule has 2 fully saturated rings. The van der Waals surface area contributed by atoms with Crippen LogP contribution in [0.4, 0.5) is 4.39 Å². The van der Waals surface area contributed by atoms with Crippen LogP contribution in [-0.2, 0) is 22.7 Å². The first-order valence-electron chi connectivity index (χ1n) is 14.2. The number of aryl methyl sites for hydroxylation is 1. The van der Waals surface area contributed by atoms with Gasteiger partial charge in [-0.25, -0.2) is 4.39 Å². The largest absolute Gasteiger partial charge is 0.493 e. The molecule has 3 aliphatic rings. The van der Waals surface area contributed by atoms with Gasteiger partial charge in [0.15, 0.2) is 0 Å². The molecule has 1 N–H and O–H groups in total. The smallest absolute Gasteiger partial charge is 0.303 e. The minimum atomic E-state index is -0.717. The van der Waals surface area contributed by atoms with Gasteiger partial charge in [-0.05, 0) is 98.3 Å². The number of piperidine rings is 1. The third kappa shape index (κ3) is 6.37. The van der Waals surface area contributed by atoms with Crippen LogP contribution in [0.1, 0.15) is 62.1 Å². The van der Waals surface area contributed by atoms with Gasteiger partial charge in [0.25, 0.3) is 0 Å². The second-order valence-electron chi connectivity index (χ2n) is 11.5. The zero-order valence-corrected chi connectivity index (χ0v) is 22.7. The monoisotopic (exact) mass is 517 g/mol. The lowest BCUT2D eigenvalue weighted by Gasteiger charge is -2.32. The molecule has 0 bridgehead atoms. The molecule has 5 heteroatoms. The fraction of sp³-hybridized carbons (Fsp3) is 0.485. The predicted molar refractivity (Wildman–Crippen MR) is 149 cm³/mol. The molecule has 4 nitrogen and oxygen atoms in total. The highest BCUT2D eigenvalue weighted by Gasteiger charge is 2.40. The Hall–Kier alpha value is -2.92. The summed E-state index contributed by atoms with van der Waals surface area (Å²) in [6.07, 6.45) is 12.4. The second kappa shape index (κ2) is 11.9. The van der Waals surface area contributed by atoms with Gasteiger partial charge in [-0.1, -0.05) is 55.3 Å². The number of aliphatic carboxylic acids is 1. The highest BCUT2D eigenvalue weighted by Crippen LogP contribution is 2.47. The molecule has 2 aromatic carbocycles. The van der Waals surface area contributed by atoms with E-state index in [9.17, 15) is 14.3 Å². The van der Waals surface area contributed by atoms with E-state index in [0.29, 0.717) is 18.1 Å². The minimum absolute atomic E-state index is 0.137. The van der Waals surface area contributed by atoms with Crippen molar-refractivity contribution in [1.82, 2.24) is 4.90 Å². The summed E-state index contributed by atoms with van der Waals surface area (Å²) in [5.41, 5.74) is 4.86. The summed E-state index contributed by atoms with van der Waals surface area (Å²) in [5, 5.41) is 9.48. The molecule has 202 valence electrons. The summed E-state index contributed by atoms with van der Waals surface area (Å²) < 4.78 is 21.3. The fourth-order valence-corrected chi connectivity index (χ4v) is 6.32. The zero-order valence-electron chi connectivity index (χ0n) is 22.7. The normalized spacial score (nSPS) is 22.7. The van der Waals surface area contributed by atoms with Gasteiger partial charge in [0.05, 0.1) is 5.76 Å². The number of allylic oxidation sites excluding steroid dienone is 4. The highest BCUT2D eigenvalue weighted by atomic mass is 19.1. The number of carboxylic acids is 1. The van der Waals surface area contributed by atoms with Crippen molar-refractivity contribution < 1.29 is 19.0 Å². The molecule has 0 radical (unpaired) electrons. The Balaban J connectivity index is 1.34. The summed E-state index contributed by atoms with van der Waals surface area (Å²) in [5.74, 6) is 0.995. The average molecular weight is 518 g/mol. The second-order valence-corrected chi connectivity index (χ2v) is 11.5. The number of carbonyl (C=O) groups is 1. The third-order valence-electron chi connectivity index (χ3n) is 8.58. The molecule has 0 amide bonds. The summed E-state index contributed by atoms with van der Waals surface area (Å²) >= 11 is 0. The van der Waals surface area contributed by atoms with E-state index in [-0.39, 0.29) is 30.0 Å². The van der Waals surface area contributed by atoms with Gasteiger partial charge in [-0.3, -0.25) is 9.69 Å². The SMILES string of the molecule is Cc1ccc(F)c(-c2ccc(COC3=CC=CC([C@H](CC(=O)O)C4CC4)C3C)cc2CN2CCCCC2)c1. The van der Waals surface area contributed by atoms with Crippen LogP contribution in [0, 0.1) is 36.4 Å². The van der Waals surface area contributed by atoms with E-state index in [4.69, 9.17) is 4.74 Å². The maximum Gasteiger partial charge on any atom is 0.303 e. The van der Waals surface area contributed by atoms with Crippen molar-refractivity contribution in [3.8, 4) is 11.1 Å². The van der Waals surface area contributed by atoms with E-state index in [1.807, 2.05) is 37.3 Å². The summed E-state index contributed by atoms with van der Waals surface area (Å²) in [7, 11) is 0. The topological polar surface area (TPSA) is 49.8 Å².